The zero-order valence-electron chi connectivity index (χ0n) is 16.7. The Labute approximate surface area is 165 Å². The van der Waals surface area contributed by atoms with Gasteiger partial charge in [-0.15, -0.1) is 0 Å². The number of benzene rings is 1. The first kappa shape index (κ1) is 18.9. The van der Waals surface area contributed by atoms with E-state index in [0.29, 0.717) is 0 Å². The van der Waals surface area contributed by atoms with Gasteiger partial charge in [-0.1, -0.05) is 0 Å². The van der Waals surface area contributed by atoms with Crippen LogP contribution in [0.1, 0.15) is 29.8 Å². The molecule has 148 valence electrons. The first-order chi connectivity index (χ1) is 13.6. The number of unbranched alkanes of at least 4 members (excludes halogenated alkanes) is 1. The number of aromatic amines is 1. The minimum Gasteiger partial charge on any atom is -0.361 e. The fraction of sp³-hybridized carbons (Fsp3) is 0.455. The molecule has 1 fully saturated rings. The fourth-order valence-electron chi connectivity index (χ4n) is 4.03. The molecule has 0 bridgehead atoms. The van der Waals surface area contributed by atoms with E-state index in [4.69, 9.17) is 0 Å². The van der Waals surface area contributed by atoms with E-state index in [9.17, 15) is 4.39 Å². The van der Waals surface area contributed by atoms with E-state index in [1.165, 1.54) is 11.6 Å². The van der Waals surface area contributed by atoms with Crippen molar-refractivity contribution in [3.63, 3.8) is 0 Å². The van der Waals surface area contributed by atoms with Crippen LogP contribution in [-0.2, 0) is 6.42 Å². The van der Waals surface area contributed by atoms with Crippen molar-refractivity contribution in [1.82, 2.24) is 19.9 Å². The molecular formula is C22H28FN5. The van der Waals surface area contributed by atoms with E-state index in [1.807, 2.05) is 32.2 Å². The van der Waals surface area contributed by atoms with E-state index < -0.39 is 0 Å². The molecule has 0 atom stereocenters. The van der Waals surface area contributed by atoms with Crippen LogP contribution in [0.2, 0.25) is 0 Å². The number of halogens is 1. The summed E-state index contributed by atoms with van der Waals surface area (Å²) in [5.74, 6) is 0.697. The maximum absolute atomic E-state index is 13.5. The summed E-state index contributed by atoms with van der Waals surface area (Å²) < 4.78 is 13.5. The molecule has 5 nitrogen and oxygen atoms in total. The Kier molecular flexibility index (Phi) is 5.57. The maximum atomic E-state index is 13.5. The van der Waals surface area contributed by atoms with Gasteiger partial charge in [0.15, 0.2) is 0 Å². The van der Waals surface area contributed by atoms with Crippen LogP contribution in [0, 0.1) is 19.7 Å². The van der Waals surface area contributed by atoms with Gasteiger partial charge in [-0.3, -0.25) is 4.90 Å². The van der Waals surface area contributed by atoms with Crippen LogP contribution in [0.3, 0.4) is 0 Å². The zero-order valence-corrected chi connectivity index (χ0v) is 16.7. The molecule has 0 radical (unpaired) electrons. The lowest BCUT2D eigenvalue weighted by Crippen LogP contribution is -2.47. The molecule has 3 aromatic rings. The lowest BCUT2D eigenvalue weighted by atomic mass is 10.1. The van der Waals surface area contributed by atoms with Gasteiger partial charge in [0.2, 0.25) is 5.95 Å². The summed E-state index contributed by atoms with van der Waals surface area (Å²) >= 11 is 0. The molecule has 6 heteroatoms. The van der Waals surface area contributed by atoms with Crippen molar-refractivity contribution in [3.8, 4) is 0 Å². The number of anilines is 1. The summed E-state index contributed by atoms with van der Waals surface area (Å²) in [6.07, 6.45) is 5.28. The number of rotatable bonds is 6. The zero-order chi connectivity index (χ0) is 19.5. The smallest absolute Gasteiger partial charge is 0.225 e. The highest BCUT2D eigenvalue weighted by molar-refractivity contribution is 5.83. The number of hydrogen-bond donors (Lipinski definition) is 1. The lowest BCUT2D eigenvalue weighted by molar-refractivity contribution is 0.252. The largest absolute Gasteiger partial charge is 0.361 e. The molecule has 2 aromatic heterocycles. The third-order valence-corrected chi connectivity index (χ3v) is 5.53. The summed E-state index contributed by atoms with van der Waals surface area (Å²) in [7, 11) is 0. The lowest BCUT2D eigenvalue weighted by Gasteiger charge is -2.34. The van der Waals surface area contributed by atoms with Gasteiger partial charge in [-0.25, -0.2) is 14.4 Å². The standard InChI is InChI=1S/C22H28FN5/c1-16-13-17(2)26-22(25-16)28-11-9-27(10-12-28)8-4-3-5-18-15-24-21-7-6-19(23)14-20(18)21/h6-7,13-15,24H,3-5,8-12H2,1-2H3. The number of H-pyrrole nitrogens is 1. The number of nitrogens with zero attached hydrogens (tertiary/aromatic N) is 4. The Morgan fingerprint density at radius 2 is 1.75 bits per heavy atom. The van der Waals surface area contributed by atoms with Crippen molar-refractivity contribution in [2.24, 2.45) is 0 Å². The quantitative estimate of drug-likeness (QED) is 0.659. The highest BCUT2D eigenvalue weighted by atomic mass is 19.1. The van der Waals surface area contributed by atoms with E-state index >= 15 is 0 Å². The monoisotopic (exact) mass is 381 g/mol. The molecule has 3 heterocycles. The van der Waals surface area contributed by atoms with Crippen molar-refractivity contribution in [2.45, 2.75) is 33.1 Å². The number of fused-ring (bicyclic) bond motifs is 1. The average Bonchev–Trinajstić information content (AvgIpc) is 3.07. The number of hydrogen-bond acceptors (Lipinski definition) is 4. The maximum Gasteiger partial charge on any atom is 0.225 e. The molecule has 4 rings (SSSR count). The van der Waals surface area contributed by atoms with E-state index in [2.05, 4.69) is 24.8 Å². The van der Waals surface area contributed by atoms with Gasteiger partial charge in [0.1, 0.15) is 5.82 Å². The molecule has 0 unspecified atom stereocenters. The second-order valence-electron chi connectivity index (χ2n) is 7.74. The van der Waals surface area contributed by atoms with E-state index in [-0.39, 0.29) is 5.82 Å². The van der Waals surface area contributed by atoms with Gasteiger partial charge in [-0.2, -0.15) is 0 Å². The number of piperazine rings is 1. The van der Waals surface area contributed by atoms with Crippen molar-refractivity contribution in [3.05, 3.63) is 53.2 Å². The average molecular weight is 381 g/mol. The van der Waals surface area contributed by atoms with Gasteiger partial charge in [0.05, 0.1) is 0 Å². The molecule has 1 aliphatic heterocycles. The summed E-state index contributed by atoms with van der Waals surface area (Å²) in [5.41, 5.74) is 4.29. The summed E-state index contributed by atoms with van der Waals surface area (Å²) in [6, 6.07) is 6.97. The van der Waals surface area contributed by atoms with Crippen molar-refractivity contribution < 1.29 is 4.39 Å². The Morgan fingerprint density at radius 1 is 1.00 bits per heavy atom. The van der Waals surface area contributed by atoms with Gasteiger partial charge in [0.25, 0.3) is 0 Å². The molecule has 1 saturated heterocycles. The van der Waals surface area contributed by atoms with Crippen molar-refractivity contribution >= 4 is 16.9 Å². The van der Waals surface area contributed by atoms with Crippen molar-refractivity contribution in [2.75, 3.05) is 37.6 Å². The van der Waals surface area contributed by atoms with Crippen LogP contribution in [-0.4, -0.2) is 52.6 Å². The van der Waals surface area contributed by atoms with Crippen LogP contribution in [0.5, 0.6) is 0 Å². The molecule has 0 saturated carbocycles. The third-order valence-electron chi connectivity index (χ3n) is 5.53. The van der Waals surface area contributed by atoms with Gasteiger partial charge < -0.3 is 9.88 Å². The molecule has 0 spiro atoms. The van der Waals surface area contributed by atoms with E-state index in [1.54, 1.807) is 6.07 Å². The fourth-order valence-corrected chi connectivity index (χ4v) is 4.03. The first-order valence-corrected chi connectivity index (χ1v) is 10.1. The Morgan fingerprint density at radius 3 is 2.50 bits per heavy atom. The summed E-state index contributed by atoms with van der Waals surface area (Å²) in [4.78, 5) is 17.2. The van der Waals surface area contributed by atoms with Crippen LogP contribution in [0.4, 0.5) is 10.3 Å². The number of aromatic nitrogens is 3. The molecule has 1 aliphatic rings. The van der Waals surface area contributed by atoms with Gasteiger partial charge >= 0.3 is 0 Å². The van der Waals surface area contributed by atoms with Crippen LogP contribution in [0.25, 0.3) is 10.9 Å². The van der Waals surface area contributed by atoms with E-state index in [0.717, 1.165) is 80.2 Å². The third kappa shape index (κ3) is 4.33. The molecular weight excluding hydrogens is 353 g/mol. The Bertz CT molecular complexity index is 923. The summed E-state index contributed by atoms with van der Waals surface area (Å²) in [6.45, 7) is 9.21. The van der Waals surface area contributed by atoms with Crippen LogP contribution in [0.15, 0.2) is 30.5 Å². The first-order valence-electron chi connectivity index (χ1n) is 10.1. The van der Waals surface area contributed by atoms with Crippen LogP contribution < -0.4 is 4.90 Å². The normalized spacial score (nSPS) is 15.5. The molecule has 0 amide bonds. The van der Waals surface area contributed by atoms with Gasteiger partial charge in [0, 0.05) is 54.7 Å². The second kappa shape index (κ2) is 8.27. The highest BCUT2D eigenvalue weighted by Crippen LogP contribution is 2.21. The molecule has 0 aliphatic carbocycles. The van der Waals surface area contributed by atoms with Crippen molar-refractivity contribution in [1.29, 1.82) is 0 Å². The summed E-state index contributed by atoms with van der Waals surface area (Å²) in [5, 5.41) is 1.02. The number of nitrogens with one attached hydrogen (secondary N) is 1. The predicted molar refractivity (Wildman–Crippen MR) is 111 cm³/mol. The van der Waals surface area contributed by atoms with Crippen LogP contribution >= 0.6 is 0 Å². The SMILES string of the molecule is Cc1cc(C)nc(N2CCN(CCCCc3c[nH]c4ccc(F)cc34)CC2)n1. The number of aryl methyl sites for hydroxylation is 3. The molecule has 1 N–H and O–H groups in total. The minimum atomic E-state index is -0.168. The molecule has 1 aromatic carbocycles. The van der Waals surface area contributed by atoms with Gasteiger partial charge in [-0.05, 0) is 69.5 Å². The second-order valence-corrected chi connectivity index (χ2v) is 7.74. The topological polar surface area (TPSA) is 48.1 Å². The minimum absolute atomic E-state index is 0.168. The Balaban J connectivity index is 1.23. The molecule has 28 heavy (non-hydrogen) atoms. The highest BCUT2D eigenvalue weighted by Gasteiger charge is 2.19. The Hall–Kier alpha value is -2.47. The predicted octanol–water partition coefficient (Wildman–Crippen LogP) is 3.86.